The van der Waals surface area contributed by atoms with Crippen molar-refractivity contribution in [1.29, 1.82) is 0 Å². The molecule has 1 aromatic carbocycles. The van der Waals surface area contributed by atoms with E-state index in [-0.39, 0.29) is 0 Å². The smallest absolute Gasteiger partial charge is 0.116 e. The fraction of sp³-hybridized carbons (Fsp3) is 0.273. The average Bonchev–Trinajstić information content (AvgIpc) is 2.18. The standard InChI is InChI=1S/C11H13NO/c1-2-13-10-7-9-5-3-4-6-11(9)12-8-10/h3-7,12H,2,8H2,1H3. The fourth-order valence-corrected chi connectivity index (χ4v) is 1.47. The first kappa shape index (κ1) is 8.17. The van der Waals surface area contributed by atoms with Crippen molar-refractivity contribution in [3.63, 3.8) is 0 Å². The van der Waals surface area contributed by atoms with E-state index in [0.29, 0.717) is 0 Å². The number of para-hydroxylation sites is 1. The van der Waals surface area contributed by atoms with Gasteiger partial charge in [0.25, 0.3) is 0 Å². The molecule has 13 heavy (non-hydrogen) atoms. The van der Waals surface area contributed by atoms with Crippen LogP contribution in [0.25, 0.3) is 6.08 Å². The molecule has 1 aliphatic rings. The summed E-state index contributed by atoms with van der Waals surface area (Å²) in [4.78, 5) is 0. The van der Waals surface area contributed by atoms with Crippen LogP contribution in [-0.4, -0.2) is 13.2 Å². The molecule has 1 aromatic rings. The lowest BCUT2D eigenvalue weighted by atomic mass is 10.1. The normalized spacial score (nSPS) is 14.1. The Hall–Kier alpha value is -1.44. The quantitative estimate of drug-likeness (QED) is 0.745. The first-order valence-corrected chi connectivity index (χ1v) is 4.56. The molecule has 2 nitrogen and oxygen atoms in total. The maximum absolute atomic E-state index is 5.44. The van der Waals surface area contributed by atoms with Crippen molar-refractivity contribution in [2.75, 3.05) is 18.5 Å². The minimum atomic E-state index is 0.732. The molecule has 1 N–H and O–H groups in total. The monoisotopic (exact) mass is 175 g/mol. The zero-order valence-electron chi connectivity index (χ0n) is 7.71. The van der Waals surface area contributed by atoms with Crippen molar-refractivity contribution in [2.45, 2.75) is 6.92 Å². The largest absolute Gasteiger partial charge is 0.496 e. The zero-order chi connectivity index (χ0) is 9.10. The highest BCUT2D eigenvalue weighted by atomic mass is 16.5. The van der Waals surface area contributed by atoms with Gasteiger partial charge >= 0.3 is 0 Å². The van der Waals surface area contributed by atoms with Gasteiger partial charge in [-0.2, -0.15) is 0 Å². The van der Waals surface area contributed by atoms with Crippen LogP contribution in [0.3, 0.4) is 0 Å². The molecular formula is C11H13NO. The summed E-state index contributed by atoms with van der Waals surface area (Å²) in [6.45, 7) is 3.53. The number of nitrogens with one attached hydrogen (secondary N) is 1. The lowest BCUT2D eigenvalue weighted by Crippen LogP contribution is -2.12. The predicted octanol–water partition coefficient (Wildman–Crippen LogP) is 2.49. The first-order valence-electron chi connectivity index (χ1n) is 4.56. The van der Waals surface area contributed by atoms with Gasteiger partial charge in [-0.3, -0.25) is 0 Å². The Bertz CT molecular complexity index is 331. The van der Waals surface area contributed by atoms with Crippen molar-refractivity contribution in [2.24, 2.45) is 0 Å². The van der Waals surface area contributed by atoms with E-state index >= 15 is 0 Å². The lowest BCUT2D eigenvalue weighted by molar-refractivity contribution is 0.231. The Kier molecular flexibility index (Phi) is 2.21. The molecule has 0 aromatic heterocycles. The number of benzene rings is 1. The minimum Gasteiger partial charge on any atom is -0.496 e. The second-order valence-electron chi connectivity index (χ2n) is 2.98. The van der Waals surface area contributed by atoms with Crippen molar-refractivity contribution in [3.05, 3.63) is 35.6 Å². The number of anilines is 1. The summed E-state index contributed by atoms with van der Waals surface area (Å²) in [5.74, 6) is 1.02. The van der Waals surface area contributed by atoms with Crippen LogP contribution in [-0.2, 0) is 4.74 Å². The van der Waals surface area contributed by atoms with Crippen LogP contribution in [0.1, 0.15) is 12.5 Å². The molecule has 2 heteroatoms. The van der Waals surface area contributed by atoms with E-state index in [4.69, 9.17) is 4.74 Å². The summed E-state index contributed by atoms with van der Waals surface area (Å²) in [5, 5.41) is 3.30. The predicted molar refractivity (Wildman–Crippen MR) is 54.5 cm³/mol. The molecule has 0 saturated heterocycles. The molecule has 68 valence electrons. The number of fused-ring (bicyclic) bond motifs is 1. The van der Waals surface area contributed by atoms with Crippen molar-refractivity contribution >= 4 is 11.8 Å². The molecule has 0 amide bonds. The molecule has 0 bridgehead atoms. The van der Waals surface area contributed by atoms with Crippen molar-refractivity contribution < 1.29 is 4.74 Å². The van der Waals surface area contributed by atoms with E-state index in [2.05, 4.69) is 23.5 Å². The van der Waals surface area contributed by atoms with E-state index < -0.39 is 0 Å². The van der Waals surface area contributed by atoms with Gasteiger partial charge < -0.3 is 10.1 Å². The molecule has 0 spiro atoms. The van der Waals surface area contributed by atoms with Gasteiger partial charge in [0.05, 0.1) is 13.2 Å². The summed E-state index contributed by atoms with van der Waals surface area (Å²) < 4.78 is 5.44. The Morgan fingerprint density at radius 2 is 2.23 bits per heavy atom. The highest BCUT2D eigenvalue weighted by Crippen LogP contribution is 2.23. The van der Waals surface area contributed by atoms with Crippen LogP contribution in [0, 0.1) is 0 Å². The molecule has 0 saturated carbocycles. The van der Waals surface area contributed by atoms with Gasteiger partial charge in [0, 0.05) is 11.3 Å². The molecule has 0 aliphatic carbocycles. The summed E-state index contributed by atoms with van der Waals surface area (Å²) in [5.41, 5.74) is 2.39. The number of ether oxygens (including phenoxy) is 1. The molecule has 1 heterocycles. The maximum atomic E-state index is 5.44. The third kappa shape index (κ3) is 1.66. The number of rotatable bonds is 2. The Labute approximate surface area is 78.2 Å². The molecule has 0 unspecified atom stereocenters. The Morgan fingerprint density at radius 1 is 1.38 bits per heavy atom. The topological polar surface area (TPSA) is 21.3 Å². The van der Waals surface area contributed by atoms with Gasteiger partial charge in [0.2, 0.25) is 0 Å². The van der Waals surface area contributed by atoms with Gasteiger partial charge in [-0.1, -0.05) is 18.2 Å². The Morgan fingerprint density at radius 3 is 3.08 bits per heavy atom. The molecule has 0 atom stereocenters. The molecule has 0 fully saturated rings. The van der Waals surface area contributed by atoms with Gasteiger partial charge in [-0.05, 0) is 19.1 Å². The van der Waals surface area contributed by atoms with Gasteiger partial charge in [-0.15, -0.1) is 0 Å². The maximum Gasteiger partial charge on any atom is 0.116 e. The van der Waals surface area contributed by atoms with E-state index in [9.17, 15) is 0 Å². The SMILES string of the molecule is CCOC1=Cc2ccccc2NC1. The van der Waals surface area contributed by atoms with E-state index in [0.717, 1.165) is 18.9 Å². The lowest BCUT2D eigenvalue weighted by Gasteiger charge is -2.18. The van der Waals surface area contributed by atoms with Gasteiger partial charge in [0.15, 0.2) is 0 Å². The molecule has 0 radical (unpaired) electrons. The summed E-state index contributed by atoms with van der Waals surface area (Å²) in [7, 11) is 0. The number of hydrogen-bond acceptors (Lipinski definition) is 2. The van der Waals surface area contributed by atoms with Crippen molar-refractivity contribution in [1.82, 2.24) is 0 Å². The molecule has 2 rings (SSSR count). The summed E-state index contributed by atoms with van der Waals surface area (Å²) in [6.07, 6.45) is 2.09. The number of hydrogen-bond donors (Lipinski definition) is 1. The van der Waals surface area contributed by atoms with Gasteiger partial charge in [-0.25, -0.2) is 0 Å². The fourth-order valence-electron chi connectivity index (χ4n) is 1.47. The average molecular weight is 175 g/mol. The second-order valence-corrected chi connectivity index (χ2v) is 2.98. The zero-order valence-corrected chi connectivity index (χ0v) is 7.71. The van der Waals surface area contributed by atoms with E-state index in [1.807, 2.05) is 19.1 Å². The molecule has 1 aliphatic heterocycles. The first-order chi connectivity index (χ1) is 6.40. The highest BCUT2D eigenvalue weighted by molar-refractivity contribution is 5.70. The summed E-state index contributed by atoms with van der Waals surface area (Å²) in [6, 6.07) is 8.23. The van der Waals surface area contributed by atoms with E-state index in [1.165, 1.54) is 11.3 Å². The van der Waals surface area contributed by atoms with Crippen LogP contribution in [0.4, 0.5) is 5.69 Å². The third-order valence-electron chi connectivity index (χ3n) is 2.06. The van der Waals surface area contributed by atoms with Crippen LogP contribution in [0.15, 0.2) is 30.0 Å². The van der Waals surface area contributed by atoms with Crippen LogP contribution in [0.5, 0.6) is 0 Å². The summed E-state index contributed by atoms with van der Waals surface area (Å²) >= 11 is 0. The molecular weight excluding hydrogens is 162 g/mol. The minimum absolute atomic E-state index is 0.732. The Balaban J connectivity index is 2.28. The van der Waals surface area contributed by atoms with Crippen LogP contribution < -0.4 is 5.32 Å². The highest BCUT2D eigenvalue weighted by Gasteiger charge is 2.08. The second kappa shape index (κ2) is 3.52. The van der Waals surface area contributed by atoms with Gasteiger partial charge in [0.1, 0.15) is 5.76 Å². The van der Waals surface area contributed by atoms with Crippen LogP contribution in [0.2, 0.25) is 0 Å². The van der Waals surface area contributed by atoms with E-state index in [1.54, 1.807) is 0 Å². The third-order valence-corrected chi connectivity index (χ3v) is 2.06. The van der Waals surface area contributed by atoms with Crippen LogP contribution >= 0.6 is 0 Å². The van der Waals surface area contributed by atoms with Crippen molar-refractivity contribution in [3.8, 4) is 0 Å².